The summed E-state index contributed by atoms with van der Waals surface area (Å²) >= 11 is 6.15. The molecule has 1 aliphatic heterocycles. The van der Waals surface area contributed by atoms with Crippen LogP contribution in [-0.2, 0) is 10.3 Å². The molecular weight excluding hydrogens is 274 g/mol. The molecule has 0 spiro atoms. The van der Waals surface area contributed by atoms with E-state index in [0.717, 1.165) is 34.7 Å². The van der Waals surface area contributed by atoms with Crippen LogP contribution in [0.4, 0.5) is 0 Å². The van der Waals surface area contributed by atoms with Gasteiger partial charge < -0.3 is 15.0 Å². The summed E-state index contributed by atoms with van der Waals surface area (Å²) in [6.07, 6.45) is 4.07. The highest BCUT2D eigenvalue weighted by molar-refractivity contribution is 6.31. The third-order valence-corrected chi connectivity index (χ3v) is 4.63. The average molecular weight is 292 g/mol. The van der Waals surface area contributed by atoms with Crippen LogP contribution in [0.1, 0.15) is 37.5 Å². The van der Waals surface area contributed by atoms with Gasteiger partial charge in [-0.15, -0.1) is 0 Å². The molecule has 1 saturated heterocycles. The zero-order chi connectivity index (χ0) is 13.7. The molecule has 4 rings (SSSR count). The summed E-state index contributed by atoms with van der Waals surface area (Å²) in [5.41, 5.74) is 8.39. The molecule has 2 aromatic rings. The van der Waals surface area contributed by atoms with Crippen LogP contribution in [0, 0.1) is 0 Å². The van der Waals surface area contributed by atoms with E-state index in [1.165, 1.54) is 12.8 Å². The Morgan fingerprint density at radius 2 is 2.05 bits per heavy atom. The van der Waals surface area contributed by atoms with Crippen LogP contribution in [0.2, 0.25) is 5.02 Å². The summed E-state index contributed by atoms with van der Waals surface area (Å²) in [5, 5.41) is 0.754. The van der Waals surface area contributed by atoms with E-state index in [9.17, 15) is 0 Å². The zero-order valence-corrected chi connectivity index (χ0v) is 12.1. The molecule has 0 bridgehead atoms. The van der Waals surface area contributed by atoms with Crippen molar-refractivity contribution in [3.63, 3.8) is 0 Å². The number of nitrogens with zero attached hydrogens (tertiary/aromatic N) is 2. The van der Waals surface area contributed by atoms with Crippen LogP contribution >= 0.6 is 11.6 Å². The highest BCUT2D eigenvalue weighted by Gasteiger charge is 2.39. The summed E-state index contributed by atoms with van der Waals surface area (Å²) in [7, 11) is 0. The fourth-order valence-electron chi connectivity index (χ4n) is 3.08. The maximum Gasteiger partial charge on any atom is 0.130 e. The number of hydrogen-bond donors (Lipinski definition) is 1. The van der Waals surface area contributed by atoms with Crippen LogP contribution in [0.15, 0.2) is 18.2 Å². The van der Waals surface area contributed by atoms with E-state index >= 15 is 0 Å². The third kappa shape index (κ3) is 1.94. The molecule has 1 aromatic carbocycles. The lowest BCUT2D eigenvalue weighted by atomic mass is 9.90. The molecule has 20 heavy (non-hydrogen) atoms. The van der Waals surface area contributed by atoms with Gasteiger partial charge >= 0.3 is 0 Å². The van der Waals surface area contributed by atoms with Crippen molar-refractivity contribution in [2.45, 2.75) is 37.3 Å². The van der Waals surface area contributed by atoms with Gasteiger partial charge in [-0.25, -0.2) is 4.98 Å². The van der Waals surface area contributed by atoms with E-state index in [1.54, 1.807) is 0 Å². The third-order valence-electron chi connectivity index (χ3n) is 4.39. The lowest BCUT2D eigenvalue weighted by molar-refractivity contribution is 0.0480. The predicted molar refractivity (Wildman–Crippen MR) is 78.9 cm³/mol. The predicted octanol–water partition coefficient (Wildman–Crippen LogP) is 2.99. The molecule has 1 saturated carbocycles. The fraction of sp³-hybridized carbons (Fsp3) is 0.533. The number of hydrogen-bond acceptors (Lipinski definition) is 3. The first-order valence-corrected chi connectivity index (χ1v) is 7.60. The minimum absolute atomic E-state index is 0.369. The van der Waals surface area contributed by atoms with Gasteiger partial charge in [0.05, 0.1) is 16.6 Å². The van der Waals surface area contributed by atoms with Crippen LogP contribution in [0.5, 0.6) is 0 Å². The molecule has 5 heteroatoms. The number of imidazole rings is 1. The van der Waals surface area contributed by atoms with Crippen molar-refractivity contribution in [1.82, 2.24) is 9.55 Å². The quantitative estimate of drug-likeness (QED) is 0.925. The summed E-state index contributed by atoms with van der Waals surface area (Å²) in [6, 6.07) is 6.43. The molecule has 0 amide bonds. The average Bonchev–Trinajstić information content (AvgIpc) is 3.20. The summed E-state index contributed by atoms with van der Waals surface area (Å²) in [6.45, 7) is 1.43. The minimum Gasteiger partial charge on any atom is -0.381 e. The molecule has 4 nitrogen and oxygen atoms in total. The van der Waals surface area contributed by atoms with Gasteiger partial charge in [-0.3, -0.25) is 0 Å². The van der Waals surface area contributed by atoms with E-state index in [-0.39, 0.29) is 5.54 Å². The van der Waals surface area contributed by atoms with E-state index in [0.29, 0.717) is 19.3 Å². The van der Waals surface area contributed by atoms with Crippen LogP contribution < -0.4 is 5.73 Å². The lowest BCUT2D eigenvalue weighted by Crippen LogP contribution is -2.44. The molecule has 2 fully saturated rings. The lowest BCUT2D eigenvalue weighted by Gasteiger charge is -2.33. The van der Waals surface area contributed by atoms with E-state index < -0.39 is 0 Å². The smallest absolute Gasteiger partial charge is 0.130 e. The molecule has 0 unspecified atom stereocenters. The molecule has 2 N–H and O–H groups in total. The highest BCUT2D eigenvalue weighted by atomic mass is 35.5. The van der Waals surface area contributed by atoms with Crippen LogP contribution in [0.3, 0.4) is 0 Å². The van der Waals surface area contributed by atoms with Crippen molar-refractivity contribution < 1.29 is 4.74 Å². The van der Waals surface area contributed by atoms with Crippen molar-refractivity contribution >= 4 is 22.6 Å². The van der Waals surface area contributed by atoms with E-state index in [2.05, 4.69) is 4.57 Å². The van der Waals surface area contributed by atoms with Gasteiger partial charge in [0.15, 0.2) is 0 Å². The number of aromatic nitrogens is 2. The van der Waals surface area contributed by atoms with Gasteiger partial charge in [0, 0.05) is 24.3 Å². The fourth-order valence-corrected chi connectivity index (χ4v) is 3.25. The molecule has 1 aliphatic carbocycles. The normalized spacial score (nSPS) is 22.3. The Labute approximate surface area is 122 Å². The first-order chi connectivity index (χ1) is 9.67. The molecule has 106 valence electrons. The first-order valence-electron chi connectivity index (χ1n) is 7.22. The second kappa shape index (κ2) is 4.45. The van der Waals surface area contributed by atoms with Crippen molar-refractivity contribution in [2.75, 3.05) is 13.2 Å². The molecular formula is C15H18ClN3O. The zero-order valence-electron chi connectivity index (χ0n) is 11.3. The highest BCUT2D eigenvalue weighted by Crippen LogP contribution is 2.42. The number of rotatable bonds is 2. The number of halogens is 1. The molecule has 2 aliphatic rings. The Morgan fingerprint density at radius 1 is 1.30 bits per heavy atom. The Balaban J connectivity index is 1.91. The number of fused-ring (bicyclic) bond motifs is 1. The Kier molecular flexibility index (Phi) is 2.81. The Morgan fingerprint density at radius 3 is 2.75 bits per heavy atom. The number of ether oxygens (including phenoxy) is 1. The van der Waals surface area contributed by atoms with E-state index in [4.69, 9.17) is 27.1 Å². The van der Waals surface area contributed by atoms with Gasteiger partial charge in [0.25, 0.3) is 0 Å². The number of nitrogens with two attached hydrogens (primary N) is 1. The topological polar surface area (TPSA) is 53.1 Å². The summed E-state index contributed by atoms with van der Waals surface area (Å²) < 4.78 is 7.78. The molecule has 1 aromatic heterocycles. The van der Waals surface area contributed by atoms with Crippen molar-refractivity contribution in [2.24, 2.45) is 5.73 Å². The van der Waals surface area contributed by atoms with Crippen LogP contribution in [0.25, 0.3) is 11.0 Å². The van der Waals surface area contributed by atoms with Gasteiger partial charge in [-0.2, -0.15) is 0 Å². The molecule has 0 radical (unpaired) electrons. The van der Waals surface area contributed by atoms with Gasteiger partial charge in [0.2, 0.25) is 0 Å². The first kappa shape index (κ1) is 12.6. The second-order valence-corrected chi connectivity index (χ2v) is 6.37. The molecule has 2 heterocycles. The largest absolute Gasteiger partial charge is 0.381 e. The maximum absolute atomic E-state index is 6.65. The standard InChI is InChI=1S/C15H18ClN3O/c16-10-1-4-12-13(9-10)19(11-2-3-11)14(18-12)15(17)5-7-20-8-6-15/h1,4,9,11H,2-3,5-8,17H2. The Bertz CT molecular complexity index is 656. The van der Waals surface area contributed by atoms with Crippen molar-refractivity contribution in [3.05, 3.63) is 29.0 Å². The second-order valence-electron chi connectivity index (χ2n) is 5.94. The summed E-state index contributed by atoms with van der Waals surface area (Å²) in [5.74, 6) is 1.01. The Hall–Kier alpha value is -1.10. The maximum atomic E-state index is 6.65. The minimum atomic E-state index is -0.369. The van der Waals surface area contributed by atoms with Gasteiger partial charge in [-0.1, -0.05) is 11.6 Å². The van der Waals surface area contributed by atoms with Gasteiger partial charge in [0.1, 0.15) is 5.82 Å². The molecule has 0 atom stereocenters. The number of benzene rings is 1. The van der Waals surface area contributed by atoms with Crippen LogP contribution in [-0.4, -0.2) is 22.8 Å². The van der Waals surface area contributed by atoms with E-state index in [1.807, 2.05) is 18.2 Å². The SMILES string of the molecule is NC1(c2nc3ccc(Cl)cc3n2C2CC2)CCOCC1. The van der Waals surface area contributed by atoms with Crippen molar-refractivity contribution in [1.29, 1.82) is 0 Å². The monoisotopic (exact) mass is 291 g/mol. The van der Waals surface area contributed by atoms with Gasteiger partial charge in [-0.05, 0) is 43.9 Å². The van der Waals surface area contributed by atoms with Crippen molar-refractivity contribution in [3.8, 4) is 0 Å². The summed E-state index contributed by atoms with van der Waals surface area (Å²) in [4.78, 5) is 4.83.